The van der Waals surface area contributed by atoms with Crippen molar-refractivity contribution in [1.29, 1.82) is 0 Å². The smallest absolute Gasteiger partial charge is 0.410 e. The van der Waals surface area contributed by atoms with Crippen LogP contribution in [0.1, 0.15) is 38.2 Å². The van der Waals surface area contributed by atoms with Crippen molar-refractivity contribution < 1.29 is 19.1 Å². The molecule has 0 unspecified atom stereocenters. The Bertz CT molecular complexity index is 716. The van der Waals surface area contributed by atoms with Crippen molar-refractivity contribution in [2.75, 3.05) is 6.54 Å². The van der Waals surface area contributed by atoms with Crippen molar-refractivity contribution >= 4 is 17.7 Å². The number of amides is 1. The van der Waals surface area contributed by atoms with Gasteiger partial charge in [0.05, 0.1) is 6.04 Å². The minimum absolute atomic E-state index is 0.0458. The zero-order valence-electron chi connectivity index (χ0n) is 15.1. The van der Waals surface area contributed by atoms with Gasteiger partial charge in [0.2, 0.25) is 0 Å². The molecule has 0 N–H and O–H groups in total. The molecule has 2 bridgehead atoms. The van der Waals surface area contributed by atoms with Gasteiger partial charge in [0.25, 0.3) is 0 Å². The third-order valence-corrected chi connectivity index (χ3v) is 6.20. The van der Waals surface area contributed by atoms with Gasteiger partial charge < -0.3 is 4.74 Å². The summed E-state index contributed by atoms with van der Waals surface area (Å²) in [6.07, 6.45) is 2.24. The van der Waals surface area contributed by atoms with Gasteiger partial charge in [-0.05, 0) is 36.2 Å². The molecule has 1 aromatic carbocycles. The van der Waals surface area contributed by atoms with Gasteiger partial charge >= 0.3 is 6.09 Å². The zero-order chi connectivity index (χ0) is 18.3. The number of carbonyl (C=O) groups excluding carboxylic acids is 3. The second-order valence-electron chi connectivity index (χ2n) is 8.19. The van der Waals surface area contributed by atoms with Crippen LogP contribution in [0.15, 0.2) is 30.3 Å². The van der Waals surface area contributed by atoms with Crippen LogP contribution >= 0.6 is 0 Å². The first-order valence-corrected chi connectivity index (χ1v) is 9.55. The van der Waals surface area contributed by atoms with Crippen molar-refractivity contribution in [3.8, 4) is 0 Å². The van der Waals surface area contributed by atoms with Crippen molar-refractivity contribution in [2.45, 2.75) is 45.3 Å². The Labute approximate surface area is 153 Å². The van der Waals surface area contributed by atoms with E-state index < -0.39 is 12.1 Å². The maximum absolute atomic E-state index is 12.8. The summed E-state index contributed by atoms with van der Waals surface area (Å²) >= 11 is 0. The maximum Gasteiger partial charge on any atom is 0.410 e. The van der Waals surface area contributed by atoms with Crippen LogP contribution in [0.25, 0.3) is 0 Å². The first kappa shape index (κ1) is 17.3. The number of nitrogens with zero attached hydrogens (tertiary/aromatic N) is 1. The lowest BCUT2D eigenvalue weighted by Gasteiger charge is -2.40. The summed E-state index contributed by atoms with van der Waals surface area (Å²) in [5.41, 5.74) is 0.923. The average molecular weight is 355 g/mol. The van der Waals surface area contributed by atoms with Gasteiger partial charge in [-0.2, -0.15) is 0 Å². The molecule has 2 saturated heterocycles. The van der Waals surface area contributed by atoms with Gasteiger partial charge in [-0.25, -0.2) is 4.79 Å². The number of ether oxygens (including phenoxy) is 1. The summed E-state index contributed by atoms with van der Waals surface area (Å²) in [5, 5.41) is 0. The fourth-order valence-corrected chi connectivity index (χ4v) is 5.11. The standard InChI is InChI=1S/C21H25NO4/c1-13-7-17-16(18(23)8-13)9-15-10-19(24)20(17)22(11-15)21(25)26-12-14-5-3-2-4-6-14/h2-6,13,15-17,20H,7-12H2,1H3/t13-,15+,16+,17-,20-/m1/s1. The summed E-state index contributed by atoms with van der Waals surface area (Å²) in [7, 11) is 0. The highest BCUT2D eigenvalue weighted by atomic mass is 16.6. The molecule has 2 aliphatic carbocycles. The molecular weight excluding hydrogens is 330 g/mol. The van der Waals surface area contributed by atoms with Crippen molar-refractivity contribution in [3.63, 3.8) is 0 Å². The lowest BCUT2D eigenvalue weighted by Crippen LogP contribution is -2.55. The number of carbonyl (C=O) groups is 3. The third-order valence-electron chi connectivity index (χ3n) is 6.20. The van der Waals surface area contributed by atoms with Crippen LogP contribution in [-0.2, 0) is 20.9 Å². The lowest BCUT2D eigenvalue weighted by atomic mass is 9.70. The minimum Gasteiger partial charge on any atom is -0.445 e. The second kappa shape index (κ2) is 6.86. The van der Waals surface area contributed by atoms with Gasteiger partial charge in [0.15, 0.2) is 5.78 Å². The highest BCUT2D eigenvalue weighted by Gasteiger charge is 2.52. The molecule has 1 amide bonds. The lowest BCUT2D eigenvalue weighted by molar-refractivity contribution is -0.133. The molecule has 0 radical (unpaired) electrons. The summed E-state index contributed by atoms with van der Waals surface area (Å²) in [4.78, 5) is 39.7. The number of piperidine rings is 1. The van der Waals surface area contributed by atoms with E-state index in [9.17, 15) is 14.4 Å². The highest BCUT2D eigenvalue weighted by molar-refractivity contribution is 5.92. The summed E-state index contributed by atoms with van der Waals surface area (Å²) in [6.45, 7) is 2.79. The Kier molecular flexibility index (Phi) is 4.55. The maximum atomic E-state index is 12.8. The largest absolute Gasteiger partial charge is 0.445 e. The number of Topliss-reactive ketones (excluding diaryl/α,β-unsaturated/α-hetero) is 2. The molecule has 26 heavy (non-hydrogen) atoms. The molecule has 138 valence electrons. The van der Waals surface area contributed by atoms with E-state index >= 15 is 0 Å². The molecule has 0 aromatic heterocycles. The third kappa shape index (κ3) is 3.15. The molecule has 5 atom stereocenters. The van der Waals surface area contributed by atoms with Crippen molar-refractivity contribution in [1.82, 2.24) is 4.90 Å². The first-order valence-electron chi connectivity index (χ1n) is 9.55. The second-order valence-corrected chi connectivity index (χ2v) is 8.19. The van der Waals surface area contributed by atoms with Crippen molar-refractivity contribution in [2.24, 2.45) is 23.7 Å². The Morgan fingerprint density at radius 1 is 1.12 bits per heavy atom. The number of fused-ring (bicyclic) bond motifs is 2. The summed E-state index contributed by atoms with van der Waals surface area (Å²) < 4.78 is 5.51. The Hall–Kier alpha value is -2.17. The molecule has 0 spiro atoms. The fourth-order valence-electron chi connectivity index (χ4n) is 5.11. The molecule has 5 rings (SSSR count). The first-order chi connectivity index (χ1) is 12.5. The Morgan fingerprint density at radius 2 is 1.88 bits per heavy atom. The van der Waals surface area contributed by atoms with E-state index in [4.69, 9.17) is 4.74 Å². The van der Waals surface area contributed by atoms with Gasteiger partial charge in [-0.15, -0.1) is 0 Å². The molecular formula is C21H25NO4. The molecule has 5 nitrogen and oxygen atoms in total. The molecule has 2 aliphatic heterocycles. The van der Waals surface area contributed by atoms with Crippen LogP contribution in [0.5, 0.6) is 0 Å². The van der Waals surface area contributed by atoms with Crippen LogP contribution in [0.3, 0.4) is 0 Å². The zero-order valence-corrected chi connectivity index (χ0v) is 15.1. The van der Waals surface area contributed by atoms with E-state index in [-0.39, 0.29) is 41.8 Å². The number of hydrogen-bond acceptors (Lipinski definition) is 4. The van der Waals surface area contributed by atoms with Crippen molar-refractivity contribution in [3.05, 3.63) is 35.9 Å². The topological polar surface area (TPSA) is 63.7 Å². The number of ketones is 2. The van der Waals surface area contributed by atoms with Crippen LogP contribution in [0.4, 0.5) is 4.79 Å². The fraction of sp³-hybridized carbons (Fsp3) is 0.571. The van der Waals surface area contributed by atoms with Crippen LogP contribution < -0.4 is 0 Å². The van der Waals surface area contributed by atoms with Gasteiger partial charge in [-0.1, -0.05) is 37.3 Å². The van der Waals surface area contributed by atoms with Crippen LogP contribution in [-0.4, -0.2) is 35.1 Å². The van der Waals surface area contributed by atoms with Gasteiger partial charge in [0.1, 0.15) is 12.4 Å². The Morgan fingerprint density at radius 3 is 2.65 bits per heavy atom. The number of rotatable bonds is 2. The monoisotopic (exact) mass is 355 g/mol. The van der Waals surface area contributed by atoms with Gasteiger partial charge in [0, 0.05) is 25.3 Å². The Balaban J connectivity index is 1.54. The molecule has 4 aliphatic rings. The normalized spacial score (nSPS) is 33.6. The van der Waals surface area contributed by atoms with E-state index in [2.05, 4.69) is 6.92 Å². The van der Waals surface area contributed by atoms with E-state index in [1.807, 2.05) is 30.3 Å². The summed E-state index contributed by atoms with van der Waals surface area (Å²) in [6, 6.07) is 9.04. The average Bonchev–Trinajstić information content (AvgIpc) is 2.86. The van der Waals surface area contributed by atoms with E-state index in [0.717, 1.165) is 18.4 Å². The SMILES string of the molecule is C[C@H]1CC(=O)[C@H]2C[C@H]3CC(=O)[C@@H]([C@@H]2C1)N(C(=O)OCc1ccccc1)C3. The summed E-state index contributed by atoms with van der Waals surface area (Å²) in [5.74, 6) is 0.617. The van der Waals surface area contributed by atoms with Crippen LogP contribution in [0, 0.1) is 23.7 Å². The van der Waals surface area contributed by atoms with E-state index in [1.165, 1.54) is 0 Å². The molecule has 4 fully saturated rings. The molecule has 2 saturated carbocycles. The van der Waals surface area contributed by atoms with E-state index in [1.54, 1.807) is 4.90 Å². The number of hydrogen-bond donors (Lipinski definition) is 0. The highest BCUT2D eigenvalue weighted by Crippen LogP contribution is 2.45. The minimum atomic E-state index is -0.492. The predicted octanol–water partition coefficient (Wildman–Crippen LogP) is 3.22. The number of benzene rings is 1. The predicted molar refractivity (Wildman–Crippen MR) is 95.2 cm³/mol. The molecule has 1 aromatic rings. The molecule has 5 heteroatoms. The van der Waals surface area contributed by atoms with Gasteiger partial charge in [-0.3, -0.25) is 14.5 Å². The molecule has 2 heterocycles. The van der Waals surface area contributed by atoms with E-state index in [0.29, 0.717) is 19.4 Å². The van der Waals surface area contributed by atoms with Crippen LogP contribution in [0.2, 0.25) is 0 Å². The quantitative estimate of drug-likeness (QED) is 0.817.